The van der Waals surface area contributed by atoms with Crippen LogP contribution in [0.25, 0.3) is 0 Å². The summed E-state index contributed by atoms with van der Waals surface area (Å²) >= 11 is 0.840. The van der Waals surface area contributed by atoms with Gasteiger partial charge in [-0.1, -0.05) is 4.49 Å². The van der Waals surface area contributed by atoms with E-state index in [9.17, 15) is 22.4 Å². The van der Waals surface area contributed by atoms with Gasteiger partial charge in [0.1, 0.15) is 5.00 Å². The molecule has 0 atom stereocenters. The first-order valence-electron chi connectivity index (χ1n) is 4.67. The summed E-state index contributed by atoms with van der Waals surface area (Å²) in [7, 11) is 0. The molecule has 0 saturated carbocycles. The number of benzene rings is 1. The Morgan fingerprint density at radius 3 is 2.47 bits per heavy atom. The SMILES string of the molecule is O=C(Nc1cnns1)Nc1cc(F)c(F)c(F)c1F. The fourth-order valence-corrected chi connectivity index (χ4v) is 1.57. The van der Waals surface area contributed by atoms with Gasteiger partial charge in [0.15, 0.2) is 23.3 Å². The third kappa shape index (κ3) is 2.78. The van der Waals surface area contributed by atoms with Crippen LogP contribution >= 0.6 is 11.5 Å². The lowest BCUT2D eigenvalue weighted by Gasteiger charge is -2.08. The molecular formula is C9H4F4N4OS. The Morgan fingerprint density at radius 1 is 1.11 bits per heavy atom. The van der Waals surface area contributed by atoms with Gasteiger partial charge in [-0.2, -0.15) is 0 Å². The van der Waals surface area contributed by atoms with E-state index < -0.39 is 35.0 Å². The smallest absolute Gasteiger partial charge is 0.305 e. The summed E-state index contributed by atoms with van der Waals surface area (Å²) in [5, 5.41) is 7.69. The molecule has 10 heteroatoms. The normalized spacial score (nSPS) is 10.3. The average molecular weight is 292 g/mol. The Kier molecular flexibility index (Phi) is 3.60. The first-order chi connectivity index (χ1) is 8.99. The molecule has 0 spiro atoms. The van der Waals surface area contributed by atoms with Gasteiger partial charge in [-0.15, -0.1) is 5.10 Å². The van der Waals surface area contributed by atoms with Gasteiger partial charge in [-0.3, -0.25) is 5.32 Å². The van der Waals surface area contributed by atoms with Crippen LogP contribution in [0, 0.1) is 23.3 Å². The lowest BCUT2D eigenvalue weighted by molar-refractivity contribution is 0.262. The van der Waals surface area contributed by atoms with Crippen LogP contribution in [0.2, 0.25) is 0 Å². The van der Waals surface area contributed by atoms with Crippen LogP contribution in [0.1, 0.15) is 0 Å². The van der Waals surface area contributed by atoms with E-state index in [4.69, 9.17) is 0 Å². The summed E-state index contributed by atoms with van der Waals surface area (Å²) in [5.74, 6) is -7.27. The first kappa shape index (κ1) is 13.2. The predicted molar refractivity (Wildman–Crippen MR) is 58.8 cm³/mol. The molecule has 0 aliphatic rings. The van der Waals surface area contributed by atoms with Crippen molar-refractivity contribution >= 4 is 28.3 Å². The number of hydrogen-bond acceptors (Lipinski definition) is 4. The van der Waals surface area contributed by atoms with Crippen molar-refractivity contribution in [2.75, 3.05) is 10.6 Å². The van der Waals surface area contributed by atoms with Gasteiger partial charge in [-0.05, 0) is 0 Å². The van der Waals surface area contributed by atoms with Crippen LogP contribution in [0.4, 0.5) is 33.0 Å². The Morgan fingerprint density at radius 2 is 1.84 bits per heavy atom. The van der Waals surface area contributed by atoms with E-state index in [1.807, 2.05) is 5.32 Å². The zero-order chi connectivity index (χ0) is 14.0. The minimum absolute atomic E-state index is 0.237. The van der Waals surface area contributed by atoms with Crippen molar-refractivity contribution in [2.24, 2.45) is 0 Å². The number of halogens is 4. The topological polar surface area (TPSA) is 66.9 Å². The molecule has 0 fully saturated rings. The number of amides is 2. The van der Waals surface area contributed by atoms with Gasteiger partial charge < -0.3 is 5.32 Å². The molecule has 100 valence electrons. The summed E-state index contributed by atoms with van der Waals surface area (Å²) < 4.78 is 55.1. The zero-order valence-corrected chi connectivity index (χ0v) is 9.69. The number of nitrogens with one attached hydrogen (secondary N) is 2. The second-order valence-corrected chi connectivity index (χ2v) is 3.99. The number of hydrogen-bond donors (Lipinski definition) is 2. The number of anilines is 2. The minimum Gasteiger partial charge on any atom is -0.305 e. The van der Waals surface area contributed by atoms with E-state index >= 15 is 0 Å². The van der Waals surface area contributed by atoms with Crippen molar-refractivity contribution in [1.82, 2.24) is 9.59 Å². The summed E-state index contributed by atoms with van der Waals surface area (Å²) in [5.41, 5.74) is -0.827. The van der Waals surface area contributed by atoms with Crippen molar-refractivity contribution in [3.05, 3.63) is 35.5 Å². The fraction of sp³-hybridized carbons (Fsp3) is 0. The first-order valence-corrected chi connectivity index (χ1v) is 5.44. The predicted octanol–water partition coefficient (Wildman–Crippen LogP) is 2.74. The van der Waals surface area contributed by atoms with Crippen LogP contribution in [0.15, 0.2) is 12.3 Å². The minimum atomic E-state index is -2.00. The van der Waals surface area contributed by atoms with E-state index in [0.29, 0.717) is 6.07 Å². The van der Waals surface area contributed by atoms with Gasteiger partial charge in [0, 0.05) is 17.6 Å². The molecule has 1 aromatic carbocycles. The van der Waals surface area contributed by atoms with Crippen molar-refractivity contribution in [2.45, 2.75) is 0 Å². The second kappa shape index (κ2) is 5.18. The van der Waals surface area contributed by atoms with E-state index in [-0.39, 0.29) is 5.00 Å². The Balaban J connectivity index is 2.17. The van der Waals surface area contributed by atoms with Crippen LogP contribution in [-0.4, -0.2) is 15.6 Å². The molecule has 2 N–H and O–H groups in total. The quantitative estimate of drug-likeness (QED) is 0.508. The van der Waals surface area contributed by atoms with Crippen LogP contribution in [-0.2, 0) is 0 Å². The van der Waals surface area contributed by atoms with Crippen LogP contribution in [0.5, 0.6) is 0 Å². The molecule has 0 unspecified atom stereocenters. The third-order valence-corrected chi connectivity index (χ3v) is 2.53. The lowest BCUT2D eigenvalue weighted by Crippen LogP contribution is -2.20. The van der Waals surface area contributed by atoms with Gasteiger partial charge in [0.05, 0.1) is 11.9 Å². The highest BCUT2D eigenvalue weighted by atomic mass is 32.1. The largest absolute Gasteiger partial charge is 0.324 e. The molecule has 0 bridgehead atoms. The molecule has 2 rings (SSSR count). The lowest BCUT2D eigenvalue weighted by atomic mass is 10.2. The molecule has 5 nitrogen and oxygen atoms in total. The molecule has 0 radical (unpaired) electrons. The van der Waals surface area contributed by atoms with E-state index in [0.717, 1.165) is 11.5 Å². The number of aromatic nitrogens is 2. The molecule has 2 aromatic rings. The molecule has 2 amide bonds. The molecule has 0 saturated heterocycles. The molecule has 1 heterocycles. The van der Waals surface area contributed by atoms with Crippen molar-refractivity contribution in [3.63, 3.8) is 0 Å². The maximum atomic E-state index is 13.2. The molecule has 1 aromatic heterocycles. The number of carbonyl (C=O) groups is 1. The van der Waals surface area contributed by atoms with Crippen LogP contribution in [0.3, 0.4) is 0 Å². The molecule has 0 aliphatic heterocycles. The highest BCUT2D eigenvalue weighted by molar-refractivity contribution is 7.10. The van der Waals surface area contributed by atoms with Crippen molar-refractivity contribution in [3.8, 4) is 0 Å². The highest BCUT2D eigenvalue weighted by Crippen LogP contribution is 2.23. The maximum absolute atomic E-state index is 13.2. The fourth-order valence-electron chi connectivity index (χ4n) is 1.15. The monoisotopic (exact) mass is 292 g/mol. The van der Waals surface area contributed by atoms with Gasteiger partial charge in [0.25, 0.3) is 0 Å². The summed E-state index contributed by atoms with van der Waals surface area (Å²) in [4.78, 5) is 11.4. The summed E-state index contributed by atoms with van der Waals surface area (Å²) in [6, 6.07) is -0.645. The Hall–Kier alpha value is -2.23. The standard InChI is InChI=1S/C9H4F4N4OS/c10-3-1-4(7(12)8(13)6(3)11)15-9(18)16-5-2-14-17-19-5/h1-2H,(H2,15,16,18). The van der Waals surface area contributed by atoms with E-state index in [2.05, 4.69) is 14.9 Å². The van der Waals surface area contributed by atoms with E-state index in [1.54, 1.807) is 0 Å². The highest BCUT2D eigenvalue weighted by Gasteiger charge is 2.20. The summed E-state index contributed by atoms with van der Waals surface area (Å²) in [6.45, 7) is 0. The van der Waals surface area contributed by atoms with Crippen LogP contribution < -0.4 is 10.6 Å². The average Bonchev–Trinajstić information content (AvgIpc) is 2.86. The summed E-state index contributed by atoms with van der Waals surface area (Å²) in [6.07, 6.45) is 1.21. The zero-order valence-electron chi connectivity index (χ0n) is 8.88. The molecule has 19 heavy (non-hydrogen) atoms. The Bertz CT molecular complexity index is 619. The maximum Gasteiger partial charge on any atom is 0.324 e. The Labute approximate surface area is 107 Å². The number of urea groups is 1. The third-order valence-electron chi connectivity index (χ3n) is 1.95. The number of nitrogens with zero attached hydrogens (tertiary/aromatic N) is 2. The van der Waals surface area contributed by atoms with Crippen molar-refractivity contribution in [1.29, 1.82) is 0 Å². The molecule has 0 aliphatic carbocycles. The van der Waals surface area contributed by atoms with Crippen molar-refractivity contribution < 1.29 is 22.4 Å². The van der Waals surface area contributed by atoms with Gasteiger partial charge in [0.2, 0.25) is 0 Å². The molecular weight excluding hydrogens is 288 g/mol. The number of rotatable bonds is 2. The van der Waals surface area contributed by atoms with Gasteiger partial charge >= 0.3 is 6.03 Å². The second-order valence-electron chi connectivity index (χ2n) is 3.21. The van der Waals surface area contributed by atoms with Gasteiger partial charge in [-0.25, -0.2) is 22.4 Å². The number of carbonyl (C=O) groups excluding carboxylic acids is 1. The van der Waals surface area contributed by atoms with E-state index in [1.165, 1.54) is 6.20 Å².